The van der Waals surface area contributed by atoms with Crippen LogP contribution in [0.1, 0.15) is 31.0 Å². The van der Waals surface area contributed by atoms with Gasteiger partial charge < -0.3 is 5.32 Å². The van der Waals surface area contributed by atoms with Crippen molar-refractivity contribution in [2.24, 2.45) is 0 Å². The van der Waals surface area contributed by atoms with E-state index in [1.54, 1.807) is 0 Å². The predicted molar refractivity (Wildman–Crippen MR) is 110 cm³/mol. The molecule has 4 rings (SSSR count). The lowest BCUT2D eigenvalue weighted by Crippen LogP contribution is -2.23. The van der Waals surface area contributed by atoms with Crippen molar-refractivity contribution in [2.45, 2.75) is 33.2 Å². The Bertz CT molecular complexity index is 1110. The maximum absolute atomic E-state index is 12.1. The maximum atomic E-state index is 12.1. The van der Waals surface area contributed by atoms with Gasteiger partial charge in [0, 0.05) is 12.0 Å². The summed E-state index contributed by atoms with van der Waals surface area (Å²) in [5.74, 6) is 0.0718. The van der Waals surface area contributed by atoms with Crippen LogP contribution in [-0.2, 0) is 11.3 Å². The van der Waals surface area contributed by atoms with E-state index in [-0.39, 0.29) is 5.91 Å². The van der Waals surface area contributed by atoms with Crippen molar-refractivity contribution in [1.29, 1.82) is 0 Å². The Morgan fingerprint density at radius 3 is 2.59 bits per heavy atom. The number of nitrogens with zero attached hydrogens (tertiary/aromatic N) is 2. The Kier molecular flexibility index (Phi) is 4.63. The van der Waals surface area contributed by atoms with Crippen molar-refractivity contribution in [3.05, 3.63) is 71.9 Å². The highest BCUT2D eigenvalue weighted by Crippen LogP contribution is 2.28. The van der Waals surface area contributed by atoms with Crippen molar-refractivity contribution in [1.82, 2.24) is 14.7 Å². The second kappa shape index (κ2) is 7.23. The van der Waals surface area contributed by atoms with E-state index in [0.29, 0.717) is 13.0 Å². The van der Waals surface area contributed by atoms with Gasteiger partial charge in [-0.15, -0.1) is 0 Å². The van der Waals surface area contributed by atoms with Crippen LogP contribution in [0.2, 0.25) is 0 Å². The average Bonchev–Trinajstić information content (AvgIpc) is 3.06. The third kappa shape index (κ3) is 3.31. The molecule has 0 radical (unpaired) electrons. The molecule has 0 fully saturated rings. The number of nitrogens with one attached hydrogen (secondary N) is 1. The van der Waals surface area contributed by atoms with Crippen molar-refractivity contribution < 1.29 is 4.79 Å². The number of carbonyl (C=O) groups excluding carboxylic acids is 1. The molecule has 4 nitrogen and oxygen atoms in total. The summed E-state index contributed by atoms with van der Waals surface area (Å²) >= 11 is 0. The van der Waals surface area contributed by atoms with Gasteiger partial charge in [-0.25, -0.2) is 4.98 Å². The van der Waals surface area contributed by atoms with Gasteiger partial charge in [0.25, 0.3) is 0 Å². The summed E-state index contributed by atoms with van der Waals surface area (Å²) in [5, 5.41) is 4.22. The third-order valence-corrected chi connectivity index (χ3v) is 4.84. The summed E-state index contributed by atoms with van der Waals surface area (Å²) in [5.41, 5.74) is 6.20. The molecule has 0 saturated carbocycles. The summed E-state index contributed by atoms with van der Waals surface area (Å²) in [4.78, 5) is 17.0. The number of aromatic nitrogens is 2. The van der Waals surface area contributed by atoms with Gasteiger partial charge in [0.05, 0.1) is 23.4 Å². The van der Waals surface area contributed by atoms with Gasteiger partial charge in [-0.2, -0.15) is 0 Å². The quantitative estimate of drug-likeness (QED) is 0.553. The maximum Gasteiger partial charge on any atom is 0.220 e. The minimum atomic E-state index is 0.0718. The second-order valence-corrected chi connectivity index (χ2v) is 6.89. The molecule has 1 amide bonds. The number of para-hydroxylation sites is 1. The number of pyridine rings is 1. The van der Waals surface area contributed by atoms with Gasteiger partial charge in [0.2, 0.25) is 5.91 Å². The monoisotopic (exact) mass is 357 g/mol. The first kappa shape index (κ1) is 17.3. The van der Waals surface area contributed by atoms with Crippen molar-refractivity contribution in [3.63, 3.8) is 0 Å². The van der Waals surface area contributed by atoms with Crippen LogP contribution in [0.25, 0.3) is 27.8 Å². The van der Waals surface area contributed by atoms with Gasteiger partial charge in [-0.1, -0.05) is 55.0 Å². The number of imidazole rings is 1. The molecule has 2 aromatic heterocycles. The lowest BCUT2D eigenvalue weighted by molar-refractivity contribution is -0.121. The molecular weight excluding hydrogens is 334 g/mol. The zero-order valence-corrected chi connectivity index (χ0v) is 15.7. The summed E-state index contributed by atoms with van der Waals surface area (Å²) in [6, 6.07) is 20.8. The van der Waals surface area contributed by atoms with E-state index in [0.717, 1.165) is 39.9 Å². The highest BCUT2D eigenvalue weighted by molar-refractivity contribution is 5.84. The van der Waals surface area contributed by atoms with Crippen LogP contribution < -0.4 is 5.32 Å². The largest absolute Gasteiger partial charge is 0.350 e. The molecule has 2 heterocycles. The Morgan fingerprint density at radius 1 is 1.04 bits per heavy atom. The summed E-state index contributed by atoms with van der Waals surface area (Å²) < 4.78 is 2.16. The van der Waals surface area contributed by atoms with Gasteiger partial charge in [0.1, 0.15) is 5.65 Å². The average molecular weight is 357 g/mol. The van der Waals surface area contributed by atoms with Crippen LogP contribution in [0.5, 0.6) is 0 Å². The minimum Gasteiger partial charge on any atom is -0.350 e. The van der Waals surface area contributed by atoms with E-state index < -0.39 is 0 Å². The van der Waals surface area contributed by atoms with Gasteiger partial charge >= 0.3 is 0 Å². The van der Waals surface area contributed by atoms with E-state index in [4.69, 9.17) is 4.98 Å². The van der Waals surface area contributed by atoms with Crippen LogP contribution in [-0.4, -0.2) is 15.3 Å². The summed E-state index contributed by atoms with van der Waals surface area (Å²) in [7, 11) is 0. The van der Waals surface area contributed by atoms with E-state index in [1.165, 1.54) is 5.56 Å². The molecule has 4 heteroatoms. The molecule has 0 bridgehead atoms. The number of amides is 1. The molecule has 0 spiro atoms. The van der Waals surface area contributed by atoms with Gasteiger partial charge in [-0.3, -0.25) is 9.20 Å². The molecule has 0 aliphatic rings. The lowest BCUT2D eigenvalue weighted by Gasteiger charge is -2.10. The van der Waals surface area contributed by atoms with E-state index >= 15 is 0 Å². The van der Waals surface area contributed by atoms with Crippen molar-refractivity contribution >= 4 is 22.5 Å². The number of fused-ring (bicyclic) bond motifs is 3. The molecule has 0 aliphatic heterocycles. The Morgan fingerprint density at radius 2 is 1.81 bits per heavy atom. The fourth-order valence-corrected chi connectivity index (χ4v) is 3.45. The van der Waals surface area contributed by atoms with Crippen LogP contribution in [0.15, 0.2) is 60.7 Å². The number of carbonyl (C=O) groups is 1. The topological polar surface area (TPSA) is 46.4 Å². The Balaban J connectivity index is 1.90. The first-order valence-electron chi connectivity index (χ1n) is 9.40. The zero-order valence-electron chi connectivity index (χ0n) is 15.7. The smallest absolute Gasteiger partial charge is 0.220 e. The Labute approximate surface area is 158 Å². The van der Waals surface area contributed by atoms with Crippen LogP contribution >= 0.6 is 0 Å². The number of rotatable bonds is 5. The van der Waals surface area contributed by atoms with Gasteiger partial charge in [-0.05, 0) is 36.9 Å². The number of hydrogen-bond donors (Lipinski definition) is 1. The van der Waals surface area contributed by atoms with E-state index in [9.17, 15) is 4.79 Å². The normalized spacial score (nSPS) is 11.2. The van der Waals surface area contributed by atoms with Crippen LogP contribution in [0, 0.1) is 6.92 Å². The zero-order chi connectivity index (χ0) is 18.8. The molecule has 1 N–H and O–H groups in total. The molecule has 0 unspecified atom stereocenters. The van der Waals surface area contributed by atoms with E-state index in [1.807, 2.05) is 25.1 Å². The molecule has 0 aliphatic carbocycles. The summed E-state index contributed by atoms with van der Waals surface area (Å²) in [6.45, 7) is 4.54. The first-order valence-corrected chi connectivity index (χ1v) is 9.40. The third-order valence-electron chi connectivity index (χ3n) is 4.84. The first-order chi connectivity index (χ1) is 13.2. The van der Waals surface area contributed by atoms with Gasteiger partial charge in [0.15, 0.2) is 0 Å². The molecule has 136 valence electrons. The Hall–Kier alpha value is -3.14. The number of hydrogen-bond acceptors (Lipinski definition) is 2. The molecular formula is C23H23N3O. The van der Waals surface area contributed by atoms with Crippen molar-refractivity contribution in [3.8, 4) is 11.3 Å². The molecule has 0 atom stereocenters. The molecule has 27 heavy (non-hydrogen) atoms. The summed E-state index contributed by atoms with van der Waals surface area (Å²) in [6.07, 6.45) is 1.38. The van der Waals surface area contributed by atoms with E-state index in [2.05, 4.69) is 59.1 Å². The number of benzene rings is 2. The molecule has 0 saturated heterocycles. The van der Waals surface area contributed by atoms with Crippen molar-refractivity contribution in [2.75, 3.05) is 0 Å². The standard InChI is InChI=1S/C23H23N3O/c1-3-6-22(27)24-15-20-23(18-11-9-16(2)10-12-18)25-21-14-13-17-7-4-5-8-19(17)26(20)21/h4-5,7-14H,3,6,15H2,1-2H3,(H,24,27). The number of aryl methyl sites for hydroxylation is 1. The fourth-order valence-electron chi connectivity index (χ4n) is 3.45. The molecule has 2 aromatic carbocycles. The highest BCUT2D eigenvalue weighted by Gasteiger charge is 2.16. The SMILES string of the molecule is CCCC(=O)NCc1c(-c2ccc(C)cc2)nc2ccc3ccccc3n12. The highest BCUT2D eigenvalue weighted by atomic mass is 16.1. The predicted octanol–water partition coefficient (Wildman–Crippen LogP) is 4.88. The molecule has 4 aromatic rings. The second-order valence-electron chi connectivity index (χ2n) is 6.89. The lowest BCUT2D eigenvalue weighted by atomic mass is 10.1. The van der Waals surface area contributed by atoms with Crippen LogP contribution in [0.3, 0.4) is 0 Å². The minimum absolute atomic E-state index is 0.0718. The fraction of sp³-hybridized carbons (Fsp3) is 0.217. The van der Waals surface area contributed by atoms with Crippen LogP contribution in [0.4, 0.5) is 0 Å².